The van der Waals surface area contributed by atoms with Gasteiger partial charge in [-0.25, -0.2) is 0 Å². The second-order valence-electron chi connectivity index (χ2n) is 5.82. The first-order valence-corrected chi connectivity index (χ1v) is 7.82. The summed E-state index contributed by atoms with van der Waals surface area (Å²) < 4.78 is 0. The van der Waals surface area contributed by atoms with Crippen molar-refractivity contribution in [3.05, 3.63) is 71.9 Å². The second-order valence-corrected chi connectivity index (χ2v) is 5.82. The fourth-order valence-corrected chi connectivity index (χ4v) is 2.91. The Kier molecular flexibility index (Phi) is 4.33. The first-order valence-electron chi connectivity index (χ1n) is 7.82. The maximum absolute atomic E-state index is 10.9. The molecule has 0 spiro atoms. The van der Waals surface area contributed by atoms with Crippen LogP contribution in [0.25, 0.3) is 28.1 Å². The van der Waals surface area contributed by atoms with E-state index in [4.69, 9.17) is 4.98 Å². The molecule has 1 aromatic heterocycles. The number of para-hydroxylation sites is 1. The number of nitrogens with zero attached hydrogens (tertiary/aromatic N) is 1. The summed E-state index contributed by atoms with van der Waals surface area (Å²) in [6.45, 7) is 4.26. The predicted molar refractivity (Wildman–Crippen MR) is 96.4 cm³/mol. The largest absolute Gasteiger partial charge is 0.299 e. The molecule has 3 rings (SSSR count). The van der Waals surface area contributed by atoms with Gasteiger partial charge in [0.2, 0.25) is 0 Å². The summed E-state index contributed by atoms with van der Waals surface area (Å²) in [7, 11) is 0. The van der Waals surface area contributed by atoms with Crippen molar-refractivity contribution in [2.75, 3.05) is 0 Å². The van der Waals surface area contributed by atoms with Gasteiger partial charge in [0, 0.05) is 16.5 Å². The van der Waals surface area contributed by atoms with Crippen LogP contribution in [0, 0.1) is 0 Å². The quantitative estimate of drug-likeness (QED) is 0.487. The van der Waals surface area contributed by atoms with E-state index in [0.717, 1.165) is 39.6 Å². The van der Waals surface area contributed by atoms with E-state index in [0.29, 0.717) is 0 Å². The lowest BCUT2D eigenvalue weighted by molar-refractivity contribution is -0.104. The molecule has 0 aliphatic rings. The minimum atomic E-state index is 0.272. The number of benzene rings is 2. The maximum Gasteiger partial charge on any atom is 0.142 e. The number of hydrogen-bond donors (Lipinski definition) is 0. The van der Waals surface area contributed by atoms with Crippen LogP contribution in [0.3, 0.4) is 0 Å². The summed E-state index contributed by atoms with van der Waals surface area (Å²) in [5.74, 6) is 0.272. The van der Waals surface area contributed by atoms with Crippen molar-refractivity contribution in [1.82, 2.24) is 4.98 Å². The highest BCUT2D eigenvalue weighted by atomic mass is 16.1. The smallest absolute Gasteiger partial charge is 0.142 e. The van der Waals surface area contributed by atoms with E-state index in [2.05, 4.69) is 32.0 Å². The SMILES string of the molecule is CC(C)c1nc2ccccc2c(-c2ccccc2)c1C=CC=O. The van der Waals surface area contributed by atoms with Crippen molar-refractivity contribution in [3.8, 4) is 11.1 Å². The van der Waals surface area contributed by atoms with Crippen molar-refractivity contribution < 1.29 is 4.79 Å². The topological polar surface area (TPSA) is 30.0 Å². The van der Waals surface area contributed by atoms with Crippen molar-refractivity contribution >= 4 is 23.3 Å². The number of carbonyl (C=O) groups is 1. The van der Waals surface area contributed by atoms with E-state index in [1.165, 1.54) is 0 Å². The number of fused-ring (bicyclic) bond motifs is 1. The first-order chi connectivity index (χ1) is 11.2. The van der Waals surface area contributed by atoms with Gasteiger partial charge in [-0.3, -0.25) is 9.78 Å². The molecule has 2 nitrogen and oxygen atoms in total. The van der Waals surface area contributed by atoms with Crippen LogP contribution in [0.4, 0.5) is 0 Å². The molecule has 2 heteroatoms. The van der Waals surface area contributed by atoms with Crippen LogP contribution in [0.15, 0.2) is 60.7 Å². The Morgan fingerprint density at radius 2 is 1.65 bits per heavy atom. The number of allylic oxidation sites excluding steroid dienone is 1. The van der Waals surface area contributed by atoms with Gasteiger partial charge in [0.1, 0.15) is 6.29 Å². The number of aldehydes is 1. The lowest BCUT2D eigenvalue weighted by Gasteiger charge is -2.17. The molecule has 0 unspecified atom stereocenters. The average Bonchev–Trinajstić information content (AvgIpc) is 2.59. The van der Waals surface area contributed by atoms with Gasteiger partial charge >= 0.3 is 0 Å². The number of hydrogen-bond acceptors (Lipinski definition) is 2. The summed E-state index contributed by atoms with van der Waals surface area (Å²) in [4.78, 5) is 15.7. The molecule has 114 valence electrons. The number of pyridine rings is 1. The van der Waals surface area contributed by atoms with Crippen molar-refractivity contribution in [3.63, 3.8) is 0 Å². The Morgan fingerprint density at radius 1 is 0.957 bits per heavy atom. The summed E-state index contributed by atoms with van der Waals surface area (Å²) >= 11 is 0. The average molecular weight is 301 g/mol. The zero-order chi connectivity index (χ0) is 16.2. The third-order valence-electron chi connectivity index (χ3n) is 3.91. The number of carbonyl (C=O) groups excluding carboxylic acids is 1. The molecule has 0 fully saturated rings. The summed E-state index contributed by atoms with van der Waals surface area (Å²) in [5.41, 5.74) is 5.30. The van der Waals surface area contributed by atoms with Crippen LogP contribution in [0.5, 0.6) is 0 Å². The van der Waals surface area contributed by atoms with E-state index in [1.54, 1.807) is 6.08 Å². The van der Waals surface area contributed by atoms with Gasteiger partial charge < -0.3 is 0 Å². The van der Waals surface area contributed by atoms with Crippen LogP contribution >= 0.6 is 0 Å². The predicted octanol–water partition coefficient (Wildman–Crippen LogP) is 5.24. The Morgan fingerprint density at radius 3 is 2.35 bits per heavy atom. The van der Waals surface area contributed by atoms with Gasteiger partial charge in [0.15, 0.2) is 0 Å². The number of rotatable bonds is 4. The fourth-order valence-electron chi connectivity index (χ4n) is 2.91. The van der Waals surface area contributed by atoms with Gasteiger partial charge in [-0.1, -0.05) is 62.4 Å². The highest BCUT2D eigenvalue weighted by molar-refractivity contribution is 6.00. The Hall–Kier alpha value is -2.74. The fraction of sp³-hybridized carbons (Fsp3) is 0.143. The zero-order valence-corrected chi connectivity index (χ0v) is 13.4. The molecule has 0 aliphatic carbocycles. The molecule has 23 heavy (non-hydrogen) atoms. The molecular weight excluding hydrogens is 282 g/mol. The third-order valence-corrected chi connectivity index (χ3v) is 3.91. The molecule has 0 saturated heterocycles. The van der Waals surface area contributed by atoms with Gasteiger partial charge in [-0.2, -0.15) is 0 Å². The molecule has 0 bridgehead atoms. The Balaban J connectivity index is 2.45. The zero-order valence-electron chi connectivity index (χ0n) is 13.4. The molecule has 3 aromatic rings. The summed E-state index contributed by atoms with van der Waals surface area (Å²) in [5, 5.41) is 1.11. The van der Waals surface area contributed by atoms with Crippen LogP contribution in [0.2, 0.25) is 0 Å². The van der Waals surface area contributed by atoms with Crippen LogP contribution in [-0.4, -0.2) is 11.3 Å². The van der Waals surface area contributed by atoms with Crippen LogP contribution in [0.1, 0.15) is 31.0 Å². The normalized spacial score (nSPS) is 11.4. The van der Waals surface area contributed by atoms with E-state index >= 15 is 0 Å². The molecule has 0 atom stereocenters. The molecule has 1 heterocycles. The first kappa shape index (κ1) is 15.2. The molecule has 0 radical (unpaired) electrons. The molecule has 0 N–H and O–H groups in total. The summed E-state index contributed by atoms with van der Waals surface area (Å²) in [6, 6.07) is 18.5. The number of aromatic nitrogens is 1. The van der Waals surface area contributed by atoms with Crippen LogP contribution in [-0.2, 0) is 4.79 Å². The molecule has 0 saturated carbocycles. The van der Waals surface area contributed by atoms with Crippen molar-refractivity contribution in [1.29, 1.82) is 0 Å². The standard InChI is InChI=1S/C21H19NO/c1-15(2)21-18(12-8-14-23)20(16-9-4-3-5-10-16)17-11-6-7-13-19(17)22-21/h3-15H,1-2H3. The Labute approximate surface area is 136 Å². The lowest BCUT2D eigenvalue weighted by atomic mass is 9.91. The highest BCUT2D eigenvalue weighted by Gasteiger charge is 2.16. The Bertz CT molecular complexity index is 864. The third kappa shape index (κ3) is 2.93. The molecule has 2 aromatic carbocycles. The van der Waals surface area contributed by atoms with E-state index in [9.17, 15) is 4.79 Å². The van der Waals surface area contributed by atoms with Crippen LogP contribution < -0.4 is 0 Å². The van der Waals surface area contributed by atoms with Crippen molar-refractivity contribution in [2.45, 2.75) is 19.8 Å². The maximum atomic E-state index is 10.9. The van der Waals surface area contributed by atoms with Gasteiger partial charge in [-0.05, 0) is 29.7 Å². The minimum absolute atomic E-state index is 0.272. The van der Waals surface area contributed by atoms with Gasteiger partial charge in [0.25, 0.3) is 0 Å². The summed E-state index contributed by atoms with van der Waals surface area (Å²) in [6.07, 6.45) is 4.24. The molecule has 0 aliphatic heterocycles. The van der Waals surface area contributed by atoms with E-state index in [-0.39, 0.29) is 5.92 Å². The minimum Gasteiger partial charge on any atom is -0.299 e. The van der Waals surface area contributed by atoms with E-state index < -0.39 is 0 Å². The monoisotopic (exact) mass is 301 g/mol. The van der Waals surface area contributed by atoms with Crippen molar-refractivity contribution in [2.24, 2.45) is 0 Å². The molecular formula is C21H19NO. The van der Waals surface area contributed by atoms with E-state index in [1.807, 2.05) is 42.5 Å². The highest BCUT2D eigenvalue weighted by Crippen LogP contribution is 2.36. The van der Waals surface area contributed by atoms with Gasteiger partial charge in [-0.15, -0.1) is 0 Å². The van der Waals surface area contributed by atoms with Gasteiger partial charge in [0.05, 0.1) is 11.2 Å². The lowest BCUT2D eigenvalue weighted by Crippen LogP contribution is -2.01. The second kappa shape index (κ2) is 6.57. The molecule has 0 amide bonds.